The first-order valence-electron chi connectivity index (χ1n) is 11.3. The summed E-state index contributed by atoms with van der Waals surface area (Å²) in [6, 6.07) is 8.20. The summed E-state index contributed by atoms with van der Waals surface area (Å²) >= 11 is 0. The molecule has 1 N–H and O–H groups in total. The fourth-order valence-electron chi connectivity index (χ4n) is 4.28. The molecule has 1 saturated heterocycles. The molecule has 31 heavy (non-hydrogen) atoms. The van der Waals surface area contributed by atoms with E-state index >= 15 is 0 Å². The first-order valence-corrected chi connectivity index (χ1v) is 11.3. The van der Waals surface area contributed by atoms with E-state index in [9.17, 15) is 9.59 Å². The van der Waals surface area contributed by atoms with Crippen molar-refractivity contribution in [3.63, 3.8) is 0 Å². The van der Waals surface area contributed by atoms with Crippen molar-refractivity contribution in [1.29, 1.82) is 0 Å². The number of aromatic nitrogens is 2. The predicted octanol–water partition coefficient (Wildman–Crippen LogP) is 3.59. The van der Waals surface area contributed by atoms with Gasteiger partial charge in [0.05, 0.1) is 12.3 Å². The molecule has 2 atom stereocenters. The lowest BCUT2D eigenvalue weighted by Gasteiger charge is -2.34. The lowest BCUT2D eigenvalue weighted by molar-refractivity contribution is -0.133. The molecule has 1 aliphatic heterocycles. The molecule has 1 aliphatic rings. The van der Waals surface area contributed by atoms with Gasteiger partial charge in [-0.25, -0.2) is 9.97 Å². The monoisotopic (exact) mass is 422 g/mol. The molecule has 0 saturated carbocycles. The lowest BCUT2D eigenvalue weighted by Crippen LogP contribution is -2.41. The highest BCUT2D eigenvalue weighted by Gasteiger charge is 2.30. The molecule has 2 aromatic rings. The van der Waals surface area contributed by atoms with Gasteiger partial charge in [-0.2, -0.15) is 0 Å². The molecule has 3 rings (SSSR count). The summed E-state index contributed by atoms with van der Waals surface area (Å²) < 4.78 is 0. The SMILES string of the molecule is CCNC(=O)Cc1c(C)nc(C2CCCN(C(=O)C(C)c3ccc(C)cc3)C2)nc1C. The topological polar surface area (TPSA) is 75.2 Å². The number of amides is 2. The zero-order valence-corrected chi connectivity index (χ0v) is 19.4. The van der Waals surface area contributed by atoms with E-state index in [2.05, 4.69) is 24.4 Å². The van der Waals surface area contributed by atoms with E-state index in [0.29, 0.717) is 19.5 Å². The first kappa shape index (κ1) is 22.9. The summed E-state index contributed by atoms with van der Waals surface area (Å²) in [5.74, 6) is 0.900. The molecule has 1 aromatic heterocycles. The van der Waals surface area contributed by atoms with Crippen molar-refractivity contribution in [2.24, 2.45) is 0 Å². The van der Waals surface area contributed by atoms with Crippen LogP contribution in [-0.4, -0.2) is 46.3 Å². The molecular formula is C25H34N4O2. The van der Waals surface area contributed by atoms with Crippen molar-refractivity contribution in [2.75, 3.05) is 19.6 Å². The Morgan fingerprint density at radius 2 is 1.77 bits per heavy atom. The van der Waals surface area contributed by atoms with E-state index in [0.717, 1.165) is 47.7 Å². The minimum atomic E-state index is -0.164. The average Bonchev–Trinajstić information content (AvgIpc) is 2.76. The minimum Gasteiger partial charge on any atom is -0.356 e. The Morgan fingerprint density at radius 1 is 1.13 bits per heavy atom. The number of benzene rings is 1. The van der Waals surface area contributed by atoms with Gasteiger partial charge in [0.25, 0.3) is 0 Å². The molecule has 2 amide bonds. The maximum atomic E-state index is 13.2. The van der Waals surface area contributed by atoms with E-state index < -0.39 is 0 Å². The highest BCUT2D eigenvalue weighted by atomic mass is 16.2. The highest BCUT2D eigenvalue weighted by Crippen LogP contribution is 2.28. The Hall–Kier alpha value is -2.76. The molecule has 2 unspecified atom stereocenters. The second-order valence-electron chi connectivity index (χ2n) is 8.62. The zero-order valence-electron chi connectivity index (χ0n) is 19.4. The van der Waals surface area contributed by atoms with Crippen molar-refractivity contribution in [1.82, 2.24) is 20.2 Å². The first-order chi connectivity index (χ1) is 14.8. The molecule has 166 valence electrons. The Kier molecular flexibility index (Phi) is 7.42. The van der Waals surface area contributed by atoms with Crippen LogP contribution >= 0.6 is 0 Å². The molecule has 0 spiro atoms. The summed E-state index contributed by atoms with van der Waals surface area (Å²) in [4.78, 5) is 36.6. The van der Waals surface area contributed by atoms with Crippen molar-refractivity contribution < 1.29 is 9.59 Å². The number of hydrogen-bond donors (Lipinski definition) is 1. The number of rotatable bonds is 6. The predicted molar refractivity (Wildman–Crippen MR) is 122 cm³/mol. The molecule has 1 aromatic carbocycles. The standard InChI is InChI=1S/C25H34N4O2/c1-6-26-23(30)14-22-18(4)27-24(28-19(22)5)21-8-7-13-29(15-21)25(31)17(3)20-11-9-16(2)10-12-20/h9-12,17,21H,6-8,13-15H2,1-5H3,(H,26,30). The summed E-state index contributed by atoms with van der Waals surface area (Å²) in [5.41, 5.74) is 4.84. The van der Waals surface area contributed by atoms with Crippen LogP contribution in [0.3, 0.4) is 0 Å². The van der Waals surface area contributed by atoms with Crippen LogP contribution in [0.15, 0.2) is 24.3 Å². The average molecular weight is 423 g/mol. The Bertz CT molecular complexity index is 916. The maximum Gasteiger partial charge on any atom is 0.229 e. The van der Waals surface area contributed by atoms with Gasteiger partial charge >= 0.3 is 0 Å². The summed E-state index contributed by atoms with van der Waals surface area (Å²) in [5, 5.41) is 2.83. The molecule has 0 bridgehead atoms. The number of likely N-dealkylation sites (tertiary alicyclic amines) is 1. The van der Waals surface area contributed by atoms with Gasteiger partial charge in [0, 0.05) is 42.5 Å². The number of likely N-dealkylation sites (N-methyl/N-ethyl adjacent to an activating group) is 1. The van der Waals surface area contributed by atoms with Gasteiger partial charge in [0.15, 0.2) is 0 Å². The molecule has 1 fully saturated rings. The van der Waals surface area contributed by atoms with E-state index in [1.165, 1.54) is 5.56 Å². The highest BCUT2D eigenvalue weighted by molar-refractivity contribution is 5.83. The maximum absolute atomic E-state index is 13.2. The summed E-state index contributed by atoms with van der Waals surface area (Å²) in [6.07, 6.45) is 2.21. The van der Waals surface area contributed by atoms with Crippen molar-refractivity contribution in [2.45, 2.75) is 65.7 Å². The van der Waals surface area contributed by atoms with Gasteiger partial charge in [0.1, 0.15) is 5.82 Å². The van der Waals surface area contributed by atoms with Crippen LogP contribution in [0.5, 0.6) is 0 Å². The molecule has 2 heterocycles. The number of hydrogen-bond acceptors (Lipinski definition) is 4. The normalized spacial score (nSPS) is 17.3. The Balaban J connectivity index is 1.73. The van der Waals surface area contributed by atoms with Gasteiger partial charge in [0.2, 0.25) is 11.8 Å². The number of carbonyl (C=O) groups is 2. The van der Waals surface area contributed by atoms with Crippen molar-refractivity contribution in [3.05, 3.63) is 58.2 Å². The third-order valence-corrected chi connectivity index (χ3v) is 6.20. The van der Waals surface area contributed by atoms with Crippen molar-refractivity contribution >= 4 is 11.8 Å². The van der Waals surface area contributed by atoms with Crippen LogP contribution in [0.1, 0.15) is 72.4 Å². The Morgan fingerprint density at radius 3 is 2.39 bits per heavy atom. The van der Waals surface area contributed by atoms with Crippen LogP contribution in [0.2, 0.25) is 0 Å². The number of nitrogens with zero attached hydrogens (tertiary/aromatic N) is 3. The molecular weight excluding hydrogens is 388 g/mol. The van der Waals surface area contributed by atoms with Crippen LogP contribution in [-0.2, 0) is 16.0 Å². The quantitative estimate of drug-likeness (QED) is 0.772. The smallest absolute Gasteiger partial charge is 0.229 e. The summed E-state index contributed by atoms with van der Waals surface area (Å²) in [6.45, 7) is 11.9. The van der Waals surface area contributed by atoms with Crippen LogP contribution in [0, 0.1) is 20.8 Å². The van der Waals surface area contributed by atoms with Gasteiger partial charge in [-0.3, -0.25) is 9.59 Å². The second-order valence-corrected chi connectivity index (χ2v) is 8.62. The fraction of sp³-hybridized carbons (Fsp3) is 0.520. The van der Waals surface area contributed by atoms with Gasteiger partial charge in [-0.05, 0) is 53.0 Å². The second kappa shape index (κ2) is 10.0. The number of aryl methyl sites for hydroxylation is 3. The van der Waals surface area contributed by atoms with Gasteiger partial charge in [-0.15, -0.1) is 0 Å². The van der Waals surface area contributed by atoms with Crippen molar-refractivity contribution in [3.8, 4) is 0 Å². The van der Waals surface area contributed by atoms with E-state index in [4.69, 9.17) is 9.97 Å². The van der Waals surface area contributed by atoms with Crippen LogP contribution < -0.4 is 5.32 Å². The molecule has 0 aliphatic carbocycles. The van der Waals surface area contributed by atoms with E-state index in [-0.39, 0.29) is 23.7 Å². The minimum absolute atomic E-state index is 0.00965. The zero-order chi connectivity index (χ0) is 22.5. The van der Waals surface area contributed by atoms with Crippen LogP contribution in [0.4, 0.5) is 0 Å². The number of piperidine rings is 1. The molecule has 0 radical (unpaired) electrons. The van der Waals surface area contributed by atoms with E-state index in [1.54, 1.807) is 0 Å². The number of nitrogens with one attached hydrogen (secondary N) is 1. The van der Waals surface area contributed by atoms with Gasteiger partial charge < -0.3 is 10.2 Å². The summed E-state index contributed by atoms with van der Waals surface area (Å²) in [7, 11) is 0. The third kappa shape index (κ3) is 5.49. The lowest BCUT2D eigenvalue weighted by atomic mass is 9.93. The fourth-order valence-corrected chi connectivity index (χ4v) is 4.28. The largest absolute Gasteiger partial charge is 0.356 e. The Labute approximate surface area is 185 Å². The van der Waals surface area contributed by atoms with E-state index in [1.807, 2.05) is 44.7 Å². The number of carbonyl (C=O) groups excluding carboxylic acids is 2. The molecule has 6 heteroatoms. The molecule has 6 nitrogen and oxygen atoms in total. The van der Waals surface area contributed by atoms with Gasteiger partial charge in [-0.1, -0.05) is 29.8 Å². The van der Waals surface area contributed by atoms with Crippen LogP contribution in [0.25, 0.3) is 0 Å². The third-order valence-electron chi connectivity index (χ3n) is 6.20.